The number of rotatable bonds is 6. The van der Waals surface area contributed by atoms with E-state index in [1.807, 2.05) is 18.2 Å². The van der Waals surface area contributed by atoms with Gasteiger partial charge in [-0.15, -0.1) is 0 Å². The van der Waals surface area contributed by atoms with Crippen molar-refractivity contribution in [1.82, 2.24) is 0 Å². The van der Waals surface area contributed by atoms with Crippen molar-refractivity contribution >= 4 is 5.69 Å². The molecule has 2 aliphatic rings. The molecule has 2 aromatic rings. The first kappa shape index (κ1) is 19.1. The predicted octanol–water partition coefficient (Wildman–Crippen LogP) is 3.69. The van der Waals surface area contributed by atoms with Gasteiger partial charge in [0.25, 0.3) is 0 Å². The van der Waals surface area contributed by atoms with Crippen LogP contribution < -0.4 is 4.90 Å². The summed E-state index contributed by atoms with van der Waals surface area (Å²) < 4.78 is 0. The number of aromatic hydroxyl groups is 2. The Morgan fingerprint density at radius 3 is 2.54 bits per heavy atom. The highest BCUT2D eigenvalue weighted by Crippen LogP contribution is 2.53. The Balaban J connectivity index is 1.69. The van der Waals surface area contributed by atoms with Crippen LogP contribution in [0.3, 0.4) is 0 Å². The molecule has 1 heterocycles. The number of unbranched alkanes of at least 4 members (excludes halogenated alkanes) is 1. The minimum atomic E-state index is -0.938. The van der Waals surface area contributed by atoms with Gasteiger partial charge in [-0.2, -0.15) is 0 Å². The van der Waals surface area contributed by atoms with Gasteiger partial charge in [-0.05, 0) is 67.5 Å². The summed E-state index contributed by atoms with van der Waals surface area (Å²) in [5.41, 5.74) is 3.04. The molecular weight excluding hydrogens is 354 g/mol. The van der Waals surface area contributed by atoms with Gasteiger partial charge >= 0.3 is 0 Å². The SMILES string of the molecule is CCCCc1cc(O)c(CN2c3ccc(CO)cc3[C@]3(O)CCCC23)c(O)c1. The van der Waals surface area contributed by atoms with Crippen molar-refractivity contribution < 1.29 is 20.4 Å². The summed E-state index contributed by atoms with van der Waals surface area (Å²) in [6.45, 7) is 2.39. The number of fused-ring (bicyclic) bond motifs is 3. The average molecular weight is 383 g/mol. The van der Waals surface area contributed by atoms with Crippen molar-refractivity contribution in [2.45, 2.75) is 70.2 Å². The van der Waals surface area contributed by atoms with Crippen LogP contribution in [0.1, 0.15) is 61.3 Å². The third-order valence-electron chi connectivity index (χ3n) is 6.39. The van der Waals surface area contributed by atoms with E-state index in [0.29, 0.717) is 18.5 Å². The van der Waals surface area contributed by atoms with Crippen molar-refractivity contribution in [3.8, 4) is 11.5 Å². The van der Waals surface area contributed by atoms with E-state index in [9.17, 15) is 20.4 Å². The van der Waals surface area contributed by atoms with Gasteiger partial charge in [-0.25, -0.2) is 0 Å². The molecule has 0 amide bonds. The molecule has 0 aromatic heterocycles. The van der Waals surface area contributed by atoms with Crippen molar-refractivity contribution in [1.29, 1.82) is 0 Å². The molecule has 0 radical (unpaired) electrons. The van der Waals surface area contributed by atoms with Gasteiger partial charge in [-0.3, -0.25) is 0 Å². The first-order valence-corrected chi connectivity index (χ1v) is 10.2. The van der Waals surface area contributed by atoms with E-state index in [4.69, 9.17) is 0 Å². The second kappa shape index (κ2) is 7.30. The van der Waals surface area contributed by atoms with Crippen LogP contribution in [0.5, 0.6) is 11.5 Å². The Kier molecular flexibility index (Phi) is 4.98. The number of hydrogen-bond donors (Lipinski definition) is 4. The van der Waals surface area contributed by atoms with Gasteiger partial charge in [0.2, 0.25) is 0 Å². The van der Waals surface area contributed by atoms with Gasteiger partial charge in [-0.1, -0.05) is 19.4 Å². The third kappa shape index (κ3) is 3.03. The van der Waals surface area contributed by atoms with Gasteiger partial charge in [0.15, 0.2) is 0 Å². The molecule has 1 aliphatic carbocycles. The van der Waals surface area contributed by atoms with Gasteiger partial charge in [0.1, 0.15) is 17.1 Å². The summed E-state index contributed by atoms with van der Waals surface area (Å²) in [4.78, 5) is 2.10. The van der Waals surface area contributed by atoms with E-state index >= 15 is 0 Å². The minimum Gasteiger partial charge on any atom is -0.507 e. The fourth-order valence-electron chi connectivity index (χ4n) is 4.90. The maximum Gasteiger partial charge on any atom is 0.124 e. The smallest absolute Gasteiger partial charge is 0.124 e. The Morgan fingerprint density at radius 2 is 1.86 bits per heavy atom. The number of aryl methyl sites for hydroxylation is 1. The Hall–Kier alpha value is -2.24. The molecule has 0 bridgehead atoms. The lowest BCUT2D eigenvalue weighted by atomic mass is 9.91. The Morgan fingerprint density at radius 1 is 1.11 bits per heavy atom. The van der Waals surface area contributed by atoms with Crippen LogP contribution in [0, 0.1) is 0 Å². The van der Waals surface area contributed by atoms with E-state index in [2.05, 4.69) is 11.8 Å². The maximum absolute atomic E-state index is 11.4. The van der Waals surface area contributed by atoms with E-state index in [1.54, 1.807) is 12.1 Å². The van der Waals surface area contributed by atoms with Crippen molar-refractivity contribution in [3.63, 3.8) is 0 Å². The normalized spacial score (nSPS) is 23.1. The molecule has 2 aromatic carbocycles. The molecular formula is C23H29NO4. The lowest BCUT2D eigenvalue weighted by Crippen LogP contribution is -2.40. The zero-order chi connectivity index (χ0) is 19.9. The van der Waals surface area contributed by atoms with E-state index in [1.165, 1.54) is 0 Å². The van der Waals surface area contributed by atoms with Crippen LogP contribution in [-0.4, -0.2) is 26.5 Å². The largest absolute Gasteiger partial charge is 0.507 e. The van der Waals surface area contributed by atoms with E-state index < -0.39 is 5.60 Å². The average Bonchev–Trinajstić information content (AvgIpc) is 3.17. The van der Waals surface area contributed by atoms with Gasteiger partial charge < -0.3 is 25.3 Å². The lowest BCUT2D eigenvalue weighted by molar-refractivity contribution is 0.0360. The second-order valence-electron chi connectivity index (χ2n) is 8.19. The predicted molar refractivity (Wildman–Crippen MR) is 108 cm³/mol. The summed E-state index contributed by atoms with van der Waals surface area (Å²) in [6, 6.07) is 9.09. The monoisotopic (exact) mass is 383 g/mol. The highest BCUT2D eigenvalue weighted by Gasteiger charge is 2.52. The number of phenols is 2. The zero-order valence-corrected chi connectivity index (χ0v) is 16.4. The van der Waals surface area contributed by atoms with Crippen LogP contribution in [0.15, 0.2) is 30.3 Å². The Bertz CT molecular complexity index is 858. The highest BCUT2D eigenvalue weighted by molar-refractivity contribution is 5.66. The highest BCUT2D eigenvalue weighted by atomic mass is 16.3. The molecule has 1 unspecified atom stereocenters. The molecule has 28 heavy (non-hydrogen) atoms. The first-order chi connectivity index (χ1) is 13.5. The third-order valence-corrected chi connectivity index (χ3v) is 6.39. The molecule has 0 spiro atoms. The maximum atomic E-state index is 11.4. The molecule has 4 rings (SSSR count). The van der Waals surface area contributed by atoms with Crippen molar-refractivity contribution in [3.05, 3.63) is 52.6 Å². The number of hydrogen-bond acceptors (Lipinski definition) is 5. The molecule has 5 heteroatoms. The summed E-state index contributed by atoms with van der Waals surface area (Å²) in [6.07, 6.45) is 5.37. The summed E-state index contributed by atoms with van der Waals surface area (Å²) >= 11 is 0. The molecule has 1 aliphatic heterocycles. The fourth-order valence-corrected chi connectivity index (χ4v) is 4.90. The van der Waals surface area contributed by atoms with Gasteiger partial charge in [0.05, 0.1) is 24.8 Å². The van der Waals surface area contributed by atoms with Crippen LogP contribution in [0.2, 0.25) is 0 Å². The molecule has 5 nitrogen and oxygen atoms in total. The molecule has 0 saturated heterocycles. The number of anilines is 1. The summed E-state index contributed by atoms with van der Waals surface area (Å²) in [5, 5.41) is 42.0. The van der Waals surface area contributed by atoms with Crippen LogP contribution in [-0.2, 0) is 25.2 Å². The van der Waals surface area contributed by atoms with E-state index in [-0.39, 0.29) is 24.1 Å². The number of phenolic OH excluding ortho intramolecular Hbond substituents is 2. The van der Waals surface area contributed by atoms with Crippen molar-refractivity contribution in [2.24, 2.45) is 0 Å². The standard InChI is InChI=1S/C23H29NO4/c1-2-3-5-15-11-20(26)17(21(27)12-15)13-24-19-8-7-16(14-25)10-18(19)23(28)9-4-6-22(23)24/h7-8,10-12,22,25-28H,2-6,9,13-14H2,1H3/t22?,23-/m1/s1. The summed E-state index contributed by atoms with van der Waals surface area (Å²) in [7, 11) is 0. The Labute approximate surface area is 165 Å². The molecule has 2 atom stereocenters. The second-order valence-corrected chi connectivity index (χ2v) is 8.19. The topological polar surface area (TPSA) is 84.2 Å². The van der Waals surface area contributed by atoms with Gasteiger partial charge in [0, 0.05) is 11.3 Å². The van der Waals surface area contributed by atoms with Crippen molar-refractivity contribution in [2.75, 3.05) is 4.90 Å². The number of nitrogens with zero attached hydrogens (tertiary/aromatic N) is 1. The molecule has 150 valence electrons. The van der Waals surface area contributed by atoms with E-state index in [0.717, 1.165) is 54.5 Å². The number of aliphatic hydroxyl groups excluding tert-OH is 1. The summed E-state index contributed by atoms with van der Waals surface area (Å²) in [5.74, 6) is 0.209. The van der Waals surface area contributed by atoms with Crippen LogP contribution in [0.25, 0.3) is 0 Å². The molecule has 4 N–H and O–H groups in total. The quantitative estimate of drug-likeness (QED) is 0.611. The van der Waals surface area contributed by atoms with Crippen LogP contribution >= 0.6 is 0 Å². The minimum absolute atomic E-state index is 0.0607. The molecule has 1 saturated carbocycles. The lowest BCUT2D eigenvalue weighted by Gasteiger charge is -2.30. The number of benzene rings is 2. The molecule has 1 fully saturated rings. The first-order valence-electron chi connectivity index (χ1n) is 10.2. The van der Waals surface area contributed by atoms with Crippen LogP contribution in [0.4, 0.5) is 5.69 Å². The zero-order valence-electron chi connectivity index (χ0n) is 16.4. The fraction of sp³-hybridized carbons (Fsp3) is 0.478. The number of aliphatic hydroxyl groups is 2.